The van der Waals surface area contributed by atoms with Crippen molar-refractivity contribution in [1.82, 2.24) is 0 Å². The minimum absolute atomic E-state index is 0.0642. The maximum absolute atomic E-state index is 10.8. The van der Waals surface area contributed by atoms with E-state index in [1.807, 2.05) is 0 Å². The summed E-state index contributed by atoms with van der Waals surface area (Å²) in [6.07, 6.45) is 22.3. The molecule has 4 heteroatoms. The first-order chi connectivity index (χ1) is 20.1. The molecular weight excluding hydrogens is 516 g/mol. The molecule has 0 amide bonds. The second-order valence-electron chi connectivity index (χ2n) is 18.3. The Kier molecular flexibility index (Phi) is 6.75. The molecule has 0 radical (unpaired) electrons. The van der Waals surface area contributed by atoms with E-state index in [4.69, 9.17) is 10.2 Å². The minimum atomic E-state index is -0.0642. The molecule has 234 valence electrons. The first-order valence-corrected chi connectivity index (χ1v) is 18.5. The molecular formula is C38H60N2O2. The Labute approximate surface area is 256 Å². The van der Waals surface area contributed by atoms with Crippen molar-refractivity contribution < 1.29 is 10.2 Å². The van der Waals surface area contributed by atoms with Gasteiger partial charge in [-0.25, -0.2) is 0 Å². The molecule has 2 N–H and O–H groups in total. The van der Waals surface area contributed by atoms with Crippen LogP contribution < -0.4 is 0 Å². The summed E-state index contributed by atoms with van der Waals surface area (Å²) < 4.78 is 0. The van der Waals surface area contributed by atoms with Crippen LogP contribution in [0.15, 0.2) is 10.2 Å². The molecule has 0 aromatic heterocycles. The van der Waals surface area contributed by atoms with Gasteiger partial charge >= 0.3 is 0 Å². The Morgan fingerprint density at radius 1 is 0.476 bits per heavy atom. The molecule has 8 rings (SSSR count). The van der Waals surface area contributed by atoms with E-state index in [0.29, 0.717) is 10.8 Å². The van der Waals surface area contributed by atoms with E-state index in [1.165, 1.54) is 101 Å². The van der Waals surface area contributed by atoms with E-state index in [-0.39, 0.29) is 23.0 Å². The first kappa shape index (κ1) is 28.7. The largest absolute Gasteiger partial charge is 0.393 e. The van der Waals surface area contributed by atoms with E-state index >= 15 is 0 Å². The van der Waals surface area contributed by atoms with Gasteiger partial charge in [0.2, 0.25) is 0 Å². The average Bonchev–Trinajstić information content (AvgIpc) is 3.46. The van der Waals surface area contributed by atoms with Crippen LogP contribution in [-0.2, 0) is 0 Å². The van der Waals surface area contributed by atoms with Gasteiger partial charge in [-0.1, -0.05) is 27.7 Å². The number of aliphatic hydroxyl groups excluding tert-OH is 2. The van der Waals surface area contributed by atoms with Gasteiger partial charge in [-0.2, -0.15) is 10.2 Å². The van der Waals surface area contributed by atoms with Gasteiger partial charge < -0.3 is 10.2 Å². The highest BCUT2D eigenvalue weighted by Gasteiger charge is 2.61. The third kappa shape index (κ3) is 3.97. The van der Waals surface area contributed by atoms with Gasteiger partial charge in [0.15, 0.2) is 0 Å². The summed E-state index contributed by atoms with van der Waals surface area (Å²) in [5, 5.41) is 31.7. The Morgan fingerprint density at radius 3 is 1.31 bits per heavy atom. The Morgan fingerprint density at radius 2 is 0.881 bits per heavy atom. The second kappa shape index (κ2) is 9.88. The van der Waals surface area contributed by atoms with Crippen LogP contribution in [0.4, 0.5) is 0 Å². The molecule has 14 atom stereocenters. The predicted molar refractivity (Wildman–Crippen MR) is 170 cm³/mol. The Balaban J connectivity index is 0.928. The van der Waals surface area contributed by atoms with Crippen molar-refractivity contribution in [3.05, 3.63) is 0 Å². The fraction of sp³-hybridized carbons (Fsp3) is 0.947. The lowest BCUT2D eigenvalue weighted by Gasteiger charge is -2.60. The molecule has 8 aliphatic carbocycles. The van der Waals surface area contributed by atoms with Crippen molar-refractivity contribution in [2.24, 2.45) is 79.2 Å². The number of rotatable bonds is 1. The van der Waals surface area contributed by atoms with Gasteiger partial charge in [-0.05, 0) is 185 Å². The fourth-order valence-electron chi connectivity index (χ4n) is 14.4. The summed E-state index contributed by atoms with van der Waals surface area (Å²) in [5.41, 5.74) is 4.08. The van der Waals surface area contributed by atoms with E-state index in [2.05, 4.69) is 27.7 Å². The maximum Gasteiger partial charge on any atom is 0.0596 e. The summed E-state index contributed by atoms with van der Waals surface area (Å²) in [6, 6.07) is 0. The number of hydrogen-bond acceptors (Lipinski definition) is 4. The van der Waals surface area contributed by atoms with Crippen molar-refractivity contribution in [1.29, 1.82) is 0 Å². The number of hydrogen-bond donors (Lipinski definition) is 2. The van der Waals surface area contributed by atoms with Crippen molar-refractivity contribution >= 4 is 11.4 Å². The smallest absolute Gasteiger partial charge is 0.0596 e. The van der Waals surface area contributed by atoms with Gasteiger partial charge in [0.1, 0.15) is 0 Å². The van der Waals surface area contributed by atoms with E-state index < -0.39 is 0 Å². The molecule has 0 unspecified atom stereocenters. The van der Waals surface area contributed by atoms with Gasteiger partial charge in [-0.15, -0.1) is 0 Å². The van der Waals surface area contributed by atoms with E-state index in [1.54, 1.807) is 0 Å². The molecule has 8 fully saturated rings. The quantitative estimate of drug-likeness (QED) is 0.307. The standard InChI is InChI=1S/C38H60N2O2/c1-35-17-13-25(21-23(35)5-7-27-29-9-11-33(41)37(29,3)19-15-31(27)35)39-40-26-14-18-36(2)24(22-26)6-8-28-30-10-12-34(42)38(30,4)20-16-32(28)36/h23-24,27-34,41-42H,5-22H2,1-4H3/b39-25-,40-26+/t23-,24+,27-,28-,29+,30-,31-,32-,33-,34+,35-,36-,37-,38-/m0/s1. The van der Waals surface area contributed by atoms with Gasteiger partial charge in [0.25, 0.3) is 0 Å². The SMILES string of the molecule is C[C@]12CC[C@H]3[C@@H](CC[C@H]4C/C(=N\N=C5/CC[C@@]6(C)[C@H](CC[C@@H]7[C@@H]6CC[C@]6(C)[C@H](O)CC[C@@H]76)C5)CC[C@@]43C)[C@H]1CC[C@@H]2O. The van der Waals surface area contributed by atoms with Crippen LogP contribution in [0.2, 0.25) is 0 Å². The monoisotopic (exact) mass is 576 g/mol. The van der Waals surface area contributed by atoms with Crippen LogP contribution in [-0.4, -0.2) is 33.8 Å². The molecule has 4 nitrogen and oxygen atoms in total. The molecule has 0 bridgehead atoms. The zero-order valence-electron chi connectivity index (χ0n) is 27.3. The maximum atomic E-state index is 10.8. The van der Waals surface area contributed by atoms with E-state index in [0.717, 1.165) is 73.0 Å². The van der Waals surface area contributed by atoms with Crippen molar-refractivity contribution in [3.8, 4) is 0 Å². The number of aliphatic hydroxyl groups is 2. The van der Waals surface area contributed by atoms with Crippen molar-refractivity contribution in [3.63, 3.8) is 0 Å². The van der Waals surface area contributed by atoms with Gasteiger partial charge in [0, 0.05) is 11.4 Å². The van der Waals surface area contributed by atoms with Gasteiger partial charge in [0.05, 0.1) is 12.2 Å². The molecule has 42 heavy (non-hydrogen) atoms. The van der Waals surface area contributed by atoms with Crippen LogP contribution in [0.25, 0.3) is 0 Å². The lowest BCUT2D eigenvalue weighted by Crippen LogP contribution is -2.54. The second-order valence-corrected chi connectivity index (χ2v) is 18.3. The lowest BCUT2D eigenvalue weighted by molar-refractivity contribution is -0.112. The highest BCUT2D eigenvalue weighted by molar-refractivity contribution is 5.89. The molecule has 8 saturated carbocycles. The van der Waals surface area contributed by atoms with Crippen LogP contribution >= 0.6 is 0 Å². The summed E-state index contributed by atoms with van der Waals surface area (Å²) >= 11 is 0. The topological polar surface area (TPSA) is 65.2 Å². The minimum Gasteiger partial charge on any atom is -0.393 e. The lowest BCUT2D eigenvalue weighted by atomic mass is 9.45. The zero-order valence-corrected chi connectivity index (χ0v) is 27.3. The molecule has 0 aliphatic heterocycles. The van der Waals surface area contributed by atoms with Crippen LogP contribution in [0, 0.1) is 69.0 Å². The van der Waals surface area contributed by atoms with Gasteiger partial charge in [-0.3, -0.25) is 0 Å². The normalized spacial score (nSPS) is 58.9. The molecule has 0 aromatic rings. The first-order valence-electron chi connectivity index (χ1n) is 18.5. The van der Waals surface area contributed by atoms with E-state index in [9.17, 15) is 10.2 Å². The van der Waals surface area contributed by atoms with Crippen LogP contribution in [0.1, 0.15) is 143 Å². The Hall–Kier alpha value is -0.740. The molecule has 0 aromatic carbocycles. The number of nitrogens with zero attached hydrogens (tertiary/aromatic N) is 2. The molecule has 0 heterocycles. The third-order valence-corrected chi connectivity index (χ3v) is 17.2. The number of fused-ring (bicyclic) bond motifs is 10. The van der Waals surface area contributed by atoms with Crippen molar-refractivity contribution in [2.75, 3.05) is 0 Å². The van der Waals surface area contributed by atoms with Crippen LogP contribution in [0.5, 0.6) is 0 Å². The summed E-state index contributed by atoms with van der Waals surface area (Å²) in [7, 11) is 0. The summed E-state index contributed by atoms with van der Waals surface area (Å²) in [5.74, 6) is 6.43. The average molecular weight is 577 g/mol. The summed E-state index contributed by atoms with van der Waals surface area (Å²) in [4.78, 5) is 0. The third-order valence-electron chi connectivity index (χ3n) is 17.2. The van der Waals surface area contributed by atoms with Crippen LogP contribution in [0.3, 0.4) is 0 Å². The zero-order chi connectivity index (χ0) is 29.1. The molecule has 0 saturated heterocycles. The highest BCUT2D eigenvalue weighted by Crippen LogP contribution is 2.67. The highest BCUT2D eigenvalue weighted by atomic mass is 16.3. The predicted octanol–water partition coefficient (Wildman–Crippen LogP) is 8.59. The Bertz CT molecular complexity index is 1060. The fourth-order valence-corrected chi connectivity index (χ4v) is 14.4. The summed E-state index contributed by atoms with van der Waals surface area (Å²) in [6.45, 7) is 10.1. The molecule has 0 spiro atoms. The van der Waals surface area contributed by atoms with Crippen molar-refractivity contribution in [2.45, 2.75) is 155 Å². The molecule has 8 aliphatic rings.